The van der Waals surface area contributed by atoms with Crippen LogP contribution in [0.3, 0.4) is 0 Å². The maximum Gasteiger partial charge on any atom is 0.242 e. The zero-order valence-electron chi connectivity index (χ0n) is 14.7. The molecule has 0 radical (unpaired) electrons. The monoisotopic (exact) mass is 332 g/mol. The Bertz CT molecular complexity index is 696. The molecule has 0 aliphatic rings. The van der Waals surface area contributed by atoms with Crippen LogP contribution in [0, 0.1) is 19.7 Å². The van der Waals surface area contributed by atoms with Crippen molar-refractivity contribution in [2.45, 2.75) is 32.9 Å². The van der Waals surface area contributed by atoms with Gasteiger partial charge in [0.15, 0.2) is 0 Å². The van der Waals surface area contributed by atoms with Crippen molar-refractivity contribution in [3.63, 3.8) is 0 Å². The molecule has 2 aromatic rings. The second-order valence-corrected chi connectivity index (χ2v) is 6.18. The van der Waals surface area contributed by atoms with Gasteiger partial charge in [0.05, 0.1) is 5.69 Å². The average Bonchev–Trinajstić information content (AvgIpc) is 2.83. The van der Waals surface area contributed by atoms with Crippen LogP contribution in [0.5, 0.6) is 0 Å². The molecule has 1 aromatic carbocycles. The van der Waals surface area contributed by atoms with Crippen LogP contribution in [0.4, 0.5) is 4.39 Å². The first-order chi connectivity index (χ1) is 11.4. The molecular formula is C18H25FN4O. The van der Waals surface area contributed by atoms with Gasteiger partial charge in [-0.15, -0.1) is 0 Å². The molecule has 130 valence electrons. The Labute approximate surface area is 142 Å². The number of halogens is 1. The van der Waals surface area contributed by atoms with E-state index in [1.54, 1.807) is 37.2 Å². The minimum atomic E-state index is -0.639. The maximum absolute atomic E-state index is 14.0. The highest BCUT2D eigenvalue weighted by atomic mass is 19.1. The molecule has 1 N–H and O–H groups in total. The number of likely N-dealkylation sites (N-methyl/N-ethyl adjacent to an activating group) is 1. The zero-order valence-corrected chi connectivity index (χ0v) is 14.7. The molecule has 2 rings (SSSR count). The smallest absolute Gasteiger partial charge is 0.242 e. The second kappa shape index (κ2) is 8.06. The molecule has 0 spiro atoms. The molecule has 24 heavy (non-hydrogen) atoms. The molecule has 1 heterocycles. The van der Waals surface area contributed by atoms with Crippen LogP contribution in [-0.2, 0) is 11.3 Å². The van der Waals surface area contributed by atoms with Crippen LogP contribution in [-0.4, -0.2) is 41.2 Å². The molecular weight excluding hydrogens is 307 g/mol. The van der Waals surface area contributed by atoms with Gasteiger partial charge in [-0.2, -0.15) is 5.10 Å². The summed E-state index contributed by atoms with van der Waals surface area (Å²) in [7, 11) is 3.54. The van der Waals surface area contributed by atoms with Crippen LogP contribution < -0.4 is 5.32 Å². The highest BCUT2D eigenvalue weighted by Crippen LogP contribution is 2.21. The molecule has 0 fully saturated rings. The zero-order chi connectivity index (χ0) is 17.7. The summed E-state index contributed by atoms with van der Waals surface area (Å²) in [5, 5.41) is 7.29. The third-order valence-corrected chi connectivity index (χ3v) is 3.91. The third-order valence-electron chi connectivity index (χ3n) is 3.91. The van der Waals surface area contributed by atoms with E-state index < -0.39 is 6.04 Å². The number of aromatic nitrogens is 2. The molecule has 0 aliphatic heterocycles. The van der Waals surface area contributed by atoms with Crippen LogP contribution in [0.25, 0.3) is 0 Å². The Balaban J connectivity index is 1.92. The van der Waals surface area contributed by atoms with Crippen molar-refractivity contribution in [1.29, 1.82) is 0 Å². The van der Waals surface area contributed by atoms with E-state index in [1.165, 1.54) is 6.07 Å². The van der Waals surface area contributed by atoms with E-state index in [2.05, 4.69) is 10.4 Å². The summed E-state index contributed by atoms with van der Waals surface area (Å²) in [6, 6.07) is 7.78. The van der Waals surface area contributed by atoms with Crippen LogP contribution in [0.1, 0.15) is 29.4 Å². The largest absolute Gasteiger partial charge is 0.354 e. The topological polar surface area (TPSA) is 50.2 Å². The lowest BCUT2D eigenvalue weighted by atomic mass is 10.0. The van der Waals surface area contributed by atoms with Crippen molar-refractivity contribution in [2.75, 3.05) is 20.6 Å². The molecule has 0 aliphatic carbocycles. The first kappa shape index (κ1) is 18.1. The number of nitrogens with one attached hydrogen (secondary N) is 1. The van der Waals surface area contributed by atoms with E-state index in [4.69, 9.17) is 0 Å². The summed E-state index contributed by atoms with van der Waals surface area (Å²) in [6.07, 6.45) is 0.769. The van der Waals surface area contributed by atoms with Crippen molar-refractivity contribution in [3.05, 3.63) is 53.1 Å². The predicted molar refractivity (Wildman–Crippen MR) is 92.2 cm³/mol. The van der Waals surface area contributed by atoms with Crippen molar-refractivity contribution in [3.8, 4) is 0 Å². The van der Waals surface area contributed by atoms with Crippen LogP contribution in [0.15, 0.2) is 30.3 Å². The van der Waals surface area contributed by atoms with Gasteiger partial charge < -0.3 is 5.32 Å². The van der Waals surface area contributed by atoms with Crippen molar-refractivity contribution < 1.29 is 9.18 Å². The van der Waals surface area contributed by atoms with E-state index in [-0.39, 0.29) is 11.7 Å². The minimum Gasteiger partial charge on any atom is -0.354 e. The van der Waals surface area contributed by atoms with Gasteiger partial charge in [0.2, 0.25) is 5.91 Å². The quantitative estimate of drug-likeness (QED) is 0.793. The number of carbonyl (C=O) groups excluding carboxylic acids is 1. The Hall–Kier alpha value is -2.21. The molecule has 1 amide bonds. The molecule has 0 saturated carbocycles. The fraction of sp³-hybridized carbons (Fsp3) is 0.444. The average molecular weight is 332 g/mol. The number of benzene rings is 1. The standard InChI is InChI=1S/C18H25FN4O/c1-13-12-14(2)23(21-13)11-7-10-20-18(24)17(22(3)4)15-8-5-6-9-16(15)19/h5-6,8-9,12,17H,7,10-11H2,1-4H3,(H,20,24)/t17-/m0/s1. The molecule has 6 heteroatoms. The van der Waals surface area contributed by atoms with Crippen LogP contribution in [0.2, 0.25) is 0 Å². The number of carbonyl (C=O) groups is 1. The molecule has 0 bridgehead atoms. The van der Waals surface area contributed by atoms with Gasteiger partial charge in [0.25, 0.3) is 0 Å². The van der Waals surface area contributed by atoms with E-state index in [1.807, 2.05) is 24.6 Å². The number of amides is 1. The predicted octanol–water partition coefficient (Wildman–Crippen LogP) is 2.45. The lowest BCUT2D eigenvalue weighted by Crippen LogP contribution is -2.38. The highest BCUT2D eigenvalue weighted by molar-refractivity contribution is 5.83. The second-order valence-electron chi connectivity index (χ2n) is 6.18. The van der Waals surface area contributed by atoms with E-state index in [9.17, 15) is 9.18 Å². The van der Waals surface area contributed by atoms with Crippen molar-refractivity contribution in [2.24, 2.45) is 0 Å². The normalized spacial score (nSPS) is 12.4. The lowest BCUT2D eigenvalue weighted by molar-refractivity contribution is -0.125. The SMILES string of the molecule is Cc1cc(C)n(CCCNC(=O)[C@H](c2ccccc2F)N(C)C)n1. The Morgan fingerprint density at radius 3 is 2.62 bits per heavy atom. The van der Waals surface area contributed by atoms with Gasteiger partial charge in [-0.05, 0) is 46.5 Å². The number of hydrogen-bond donors (Lipinski definition) is 1. The highest BCUT2D eigenvalue weighted by Gasteiger charge is 2.25. The Kier molecular flexibility index (Phi) is 6.09. The van der Waals surface area contributed by atoms with Crippen LogP contribution >= 0.6 is 0 Å². The fourth-order valence-electron chi connectivity index (χ4n) is 2.79. The first-order valence-corrected chi connectivity index (χ1v) is 8.09. The van der Waals surface area contributed by atoms with Crippen molar-refractivity contribution >= 4 is 5.91 Å². The number of hydrogen-bond acceptors (Lipinski definition) is 3. The summed E-state index contributed by atoms with van der Waals surface area (Å²) in [6.45, 7) is 5.24. The molecule has 5 nitrogen and oxygen atoms in total. The summed E-state index contributed by atoms with van der Waals surface area (Å²) in [5.41, 5.74) is 2.48. The number of nitrogens with zero attached hydrogens (tertiary/aromatic N) is 3. The summed E-state index contributed by atoms with van der Waals surface area (Å²) in [5.74, 6) is -0.563. The van der Waals surface area contributed by atoms with Crippen molar-refractivity contribution in [1.82, 2.24) is 20.0 Å². The molecule has 0 unspecified atom stereocenters. The number of aryl methyl sites for hydroxylation is 3. The van der Waals surface area contributed by atoms with Gasteiger partial charge >= 0.3 is 0 Å². The molecule has 1 aromatic heterocycles. The van der Waals surface area contributed by atoms with Gasteiger partial charge in [-0.1, -0.05) is 18.2 Å². The van der Waals surface area contributed by atoms with Gasteiger partial charge in [-0.3, -0.25) is 14.4 Å². The fourth-order valence-corrected chi connectivity index (χ4v) is 2.79. The maximum atomic E-state index is 14.0. The summed E-state index contributed by atoms with van der Waals surface area (Å²) < 4.78 is 15.9. The Morgan fingerprint density at radius 2 is 2.04 bits per heavy atom. The molecule has 1 atom stereocenters. The van der Waals surface area contributed by atoms with Gasteiger partial charge in [-0.25, -0.2) is 4.39 Å². The van der Waals surface area contributed by atoms with E-state index in [0.717, 1.165) is 24.4 Å². The lowest BCUT2D eigenvalue weighted by Gasteiger charge is -2.24. The Morgan fingerprint density at radius 1 is 1.33 bits per heavy atom. The van der Waals surface area contributed by atoms with E-state index >= 15 is 0 Å². The summed E-state index contributed by atoms with van der Waals surface area (Å²) in [4.78, 5) is 14.2. The number of rotatable bonds is 7. The third kappa shape index (κ3) is 4.41. The molecule has 0 saturated heterocycles. The van der Waals surface area contributed by atoms with E-state index in [0.29, 0.717) is 12.1 Å². The van der Waals surface area contributed by atoms with Gasteiger partial charge in [0, 0.05) is 24.3 Å². The minimum absolute atomic E-state index is 0.196. The van der Waals surface area contributed by atoms with Gasteiger partial charge in [0.1, 0.15) is 11.9 Å². The summed E-state index contributed by atoms with van der Waals surface area (Å²) >= 11 is 0. The first-order valence-electron chi connectivity index (χ1n) is 8.09.